The maximum absolute atomic E-state index is 6.24. The lowest BCUT2D eigenvalue weighted by atomic mass is 10.00. The van der Waals surface area contributed by atoms with E-state index in [1.807, 2.05) is 0 Å². The lowest BCUT2D eigenvalue weighted by Gasteiger charge is -2.11. The largest absolute Gasteiger partial charge is 0.324 e. The van der Waals surface area contributed by atoms with Crippen molar-refractivity contribution in [3.63, 3.8) is 0 Å². The van der Waals surface area contributed by atoms with Crippen LogP contribution in [0.2, 0.25) is 0 Å². The van der Waals surface area contributed by atoms with Crippen molar-refractivity contribution in [3.8, 4) is 0 Å². The zero-order valence-electron chi connectivity index (χ0n) is 16.6. The van der Waals surface area contributed by atoms with Crippen molar-refractivity contribution in [1.29, 1.82) is 0 Å². The molecule has 0 aliphatic carbocycles. The van der Waals surface area contributed by atoms with Crippen LogP contribution < -0.4 is 5.73 Å². The Balaban J connectivity index is 0.00000576. The van der Waals surface area contributed by atoms with E-state index in [4.69, 9.17) is 5.73 Å². The predicted molar refractivity (Wildman–Crippen MR) is 119 cm³/mol. The van der Waals surface area contributed by atoms with Gasteiger partial charge in [-0.3, -0.25) is 0 Å². The Bertz CT molecular complexity index is 366. The van der Waals surface area contributed by atoms with E-state index in [1.54, 1.807) is 0 Å². The fourth-order valence-electron chi connectivity index (χ4n) is 3.43. The Hall–Kier alpha value is -0.340. The van der Waals surface area contributed by atoms with Crippen LogP contribution in [0, 0.1) is 0 Å². The van der Waals surface area contributed by atoms with Crippen molar-refractivity contribution < 1.29 is 0 Å². The van der Waals surface area contributed by atoms with Gasteiger partial charge in [0, 0.05) is 6.04 Å². The first-order valence-electron chi connectivity index (χ1n) is 10.6. The molecule has 0 radical (unpaired) electrons. The van der Waals surface area contributed by atoms with Gasteiger partial charge in [-0.05, 0) is 12.0 Å². The third-order valence-corrected chi connectivity index (χ3v) is 5.10. The second-order valence-corrected chi connectivity index (χ2v) is 7.40. The summed E-state index contributed by atoms with van der Waals surface area (Å²) in [6.45, 7) is 2.29. The number of nitrogens with two attached hydrogens (primary N) is 1. The van der Waals surface area contributed by atoms with Crippen molar-refractivity contribution in [2.24, 2.45) is 5.73 Å². The molecular weight excluding hydrogens is 370 g/mol. The average Bonchev–Trinajstić information content (AvgIpc) is 2.62. The van der Waals surface area contributed by atoms with E-state index in [-0.39, 0.29) is 23.0 Å². The van der Waals surface area contributed by atoms with Crippen molar-refractivity contribution in [2.45, 2.75) is 109 Å². The molecule has 1 rings (SSSR count). The van der Waals surface area contributed by atoms with E-state index in [0.717, 1.165) is 6.42 Å². The zero-order valence-corrected chi connectivity index (χ0v) is 18.3. The fourth-order valence-corrected chi connectivity index (χ4v) is 3.43. The van der Waals surface area contributed by atoms with Crippen LogP contribution in [0.3, 0.4) is 0 Å². The Morgan fingerprint density at radius 1 is 0.640 bits per heavy atom. The molecule has 0 fully saturated rings. The first-order chi connectivity index (χ1) is 11.8. The Labute approximate surface area is 167 Å². The van der Waals surface area contributed by atoms with E-state index in [2.05, 4.69) is 37.3 Å². The SMILES string of the molecule is Br.CCCCCCCCCCCCCCCCC(N)c1ccccc1. The lowest BCUT2D eigenvalue weighted by Crippen LogP contribution is -2.09. The molecule has 0 amide bonds. The molecule has 2 heteroatoms. The fraction of sp³-hybridized carbons (Fsp3) is 0.739. The first kappa shape index (κ1) is 24.7. The molecule has 0 saturated carbocycles. The van der Waals surface area contributed by atoms with Crippen LogP contribution in [0.25, 0.3) is 0 Å². The summed E-state index contributed by atoms with van der Waals surface area (Å²) in [4.78, 5) is 0. The summed E-state index contributed by atoms with van der Waals surface area (Å²) in [6.07, 6.45) is 20.9. The van der Waals surface area contributed by atoms with Gasteiger partial charge >= 0.3 is 0 Å². The average molecular weight is 413 g/mol. The molecular formula is C23H42BrN. The Morgan fingerprint density at radius 2 is 1.04 bits per heavy atom. The van der Waals surface area contributed by atoms with E-state index < -0.39 is 0 Å². The second-order valence-electron chi connectivity index (χ2n) is 7.40. The van der Waals surface area contributed by atoms with Crippen molar-refractivity contribution in [2.75, 3.05) is 0 Å². The summed E-state index contributed by atoms with van der Waals surface area (Å²) in [5.74, 6) is 0. The van der Waals surface area contributed by atoms with Gasteiger partial charge in [-0.2, -0.15) is 0 Å². The van der Waals surface area contributed by atoms with Crippen LogP contribution in [-0.2, 0) is 0 Å². The highest BCUT2D eigenvalue weighted by atomic mass is 79.9. The summed E-state index contributed by atoms with van der Waals surface area (Å²) in [5, 5.41) is 0. The highest BCUT2D eigenvalue weighted by molar-refractivity contribution is 8.93. The number of hydrogen-bond acceptors (Lipinski definition) is 1. The van der Waals surface area contributed by atoms with Crippen molar-refractivity contribution in [3.05, 3.63) is 35.9 Å². The lowest BCUT2D eigenvalue weighted by molar-refractivity contribution is 0.521. The number of rotatable bonds is 16. The van der Waals surface area contributed by atoms with Crippen LogP contribution in [0.1, 0.15) is 115 Å². The summed E-state index contributed by atoms with van der Waals surface area (Å²) in [5.41, 5.74) is 7.53. The third-order valence-electron chi connectivity index (χ3n) is 5.10. The molecule has 0 aliphatic rings. The van der Waals surface area contributed by atoms with Crippen molar-refractivity contribution >= 4 is 17.0 Å². The monoisotopic (exact) mass is 411 g/mol. The molecule has 0 aliphatic heterocycles. The van der Waals surface area contributed by atoms with Gasteiger partial charge in [0.25, 0.3) is 0 Å². The van der Waals surface area contributed by atoms with Crippen molar-refractivity contribution in [1.82, 2.24) is 0 Å². The molecule has 0 aromatic heterocycles. The molecule has 0 bridgehead atoms. The molecule has 1 unspecified atom stereocenters. The quantitative estimate of drug-likeness (QED) is 0.272. The highest BCUT2D eigenvalue weighted by Crippen LogP contribution is 2.18. The van der Waals surface area contributed by atoms with Gasteiger partial charge in [-0.25, -0.2) is 0 Å². The summed E-state index contributed by atoms with van der Waals surface area (Å²) in [7, 11) is 0. The van der Waals surface area contributed by atoms with Gasteiger partial charge in [0.1, 0.15) is 0 Å². The van der Waals surface area contributed by atoms with Gasteiger partial charge < -0.3 is 5.73 Å². The summed E-state index contributed by atoms with van der Waals surface area (Å²) >= 11 is 0. The normalized spacial score (nSPS) is 11.9. The molecule has 0 saturated heterocycles. The molecule has 1 aromatic rings. The Morgan fingerprint density at radius 3 is 1.48 bits per heavy atom. The number of unbranched alkanes of at least 4 members (excludes halogenated alkanes) is 13. The van der Waals surface area contributed by atoms with E-state index >= 15 is 0 Å². The van der Waals surface area contributed by atoms with Crippen LogP contribution in [-0.4, -0.2) is 0 Å². The highest BCUT2D eigenvalue weighted by Gasteiger charge is 2.04. The van der Waals surface area contributed by atoms with Crippen LogP contribution in [0.15, 0.2) is 30.3 Å². The zero-order chi connectivity index (χ0) is 17.3. The standard InChI is InChI=1S/C23H41N.BrH/c1-2-3-4-5-6-7-8-9-10-11-12-13-14-18-21-23(24)22-19-16-15-17-20-22;/h15-17,19-20,23H,2-14,18,21,24H2,1H3;1H. The maximum Gasteiger partial charge on any atom is 0.0294 e. The van der Waals surface area contributed by atoms with Crippen LogP contribution in [0.4, 0.5) is 0 Å². The molecule has 1 atom stereocenters. The minimum absolute atomic E-state index is 0. The minimum atomic E-state index is 0. The maximum atomic E-state index is 6.24. The van der Waals surface area contributed by atoms with E-state index in [9.17, 15) is 0 Å². The van der Waals surface area contributed by atoms with Gasteiger partial charge in [-0.15, -0.1) is 17.0 Å². The van der Waals surface area contributed by atoms with Gasteiger partial charge in [-0.1, -0.05) is 127 Å². The molecule has 146 valence electrons. The minimum Gasteiger partial charge on any atom is -0.324 e. The van der Waals surface area contributed by atoms with E-state index in [0.29, 0.717) is 0 Å². The van der Waals surface area contributed by atoms with Crippen LogP contribution >= 0.6 is 17.0 Å². The number of benzene rings is 1. The van der Waals surface area contributed by atoms with E-state index in [1.165, 1.54) is 95.5 Å². The molecule has 1 nitrogen and oxygen atoms in total. The van der Waals surface area contributed by atoms with Crippen LogP contribution in [0.5, 0.6) is 0 Å². The topological polar surface area (TPSA) is 26.0 Å². The number of hydrogen-bond donors (Lipinski definition) is 1. The van der Waals surface area contributed by atoms with Gasteiger partial charge in [0.15, 0.2) is 0 Å². The summed E-state index contributed by atoms with van der Waals surface area (Å²) in [6, 6.07) is 10.7. The number of halogens is 1. The molecule has 0 spiro atoms. The molecule has 0 heterocycles. The van der Waals surface area contributed by atoms with Gasteiger partial charge in [0.2, 0.25) is 0 Å². The van der Waals surface area contributed by atoms with Gasteiger partial charge in [0.05, 0.1) is 0 Å². The Kier molecular flexibility index (Phi) is 18.2. The molecule has 1 aromatic carbocycles. The molecule has 2 N–H and O–H groups in total. The summed E-state index contributed by atoms with van der Waals surface area (Å²) < 4.78 is 0. The smallest absolute Gasteiger partial charge is 0.0294 e. The molecule has 25 heavy (non-hydrogen) atoms. The first-order valence-corrected chi connectivity index (χ1v) is 10.6. The second kappa shape index (κ2) is 18.5. The third kappa shape index (κ3) is 14.5. The predicted octanol–water partition coefficient (Wildman–Crippen LogP) is 8.14.